The first-order chi connectivity index (χ1) is 10.9. The van der Waals surface area contributed by atoms with Crippen molar-refractivity contribution >= 4 is 0 Å². The summed E-state index contributed by atoms with van der Waals surface area (Å²) in [7, 11) is 0. The number of hydrogen-bond acceptors (Lipinski definition) is 2. The predicted octanol–water partition coefficient (Wildman–Crippen LogP) is 4.33. The molecule has 1 aliphatic carbocycles. The van der Waals surface area contributed by atoms with E-state index in [-0.39, 0.29) is 0 Å². The van der Waals surface area contributed by atoms with Crippen LogP contribution in [0.3, 0.4) is 0 Å². The lowest BCUT2D eigenvalue weighted by Gasteiger charge is -2.07. The minimum absolute atomic E-state index is 0.594. The van der Waals surface area contributed by atoms with Crippen LogP contribution in [0.1, 0.15) is 30.0 Å². The molecule has 0 bridgehead atoms. The van der Waals surface area contributed by atoms with E-state index in [2.05, 4.69) is 40.0 Å². The Morgan fingerprint density at radius 3 is 2.50 bits per heavy atom. The highest BCUT2D eigenvalue weighted by Gasteiger charge is 2.25. The van der Waals surface area contributed by atoms with Crippen molar-refractivity contribution in [2.75, 3.05) is 0 Å². The summed E-state index contributed by atoms with van der Waals surface area (Å²) in [5.74, 6) is 1.57. The Hall–Kier alpha value is -2.55. The van der Waals surface area contributed by atoms with Crippen molar-refractivity contribution in [1.29, 1.82) is 0 Å². The average Bonchev–Trinajstić information content (AvgIpc) is 3.32. The van der Waals surface area contributed by atoms with Crippen molar-refractivity contribution in [3.63, 3.8) is 0 Å². The summed E-state index contributed by atoms with van der Waals surface area (Å²) in [6.07, 6.45) is 6.59. The van der Waals surface area contributed by atoms with Gasteiger partial charge in [-0.05, 0) is 42.7 Å². The zero-order valence-electron chi connectivity index (χ0n) is 12.4. The number of imidazole rings is 1. The van der Waals surface area contributed by atoms with Gasteiger partial charge >= 0.3 is 0 Å². The van der Waals surface area contributed by atoms with E-state index < -0.39 is 0 Å². The van der Waals surface area contributed by atoms with Gasteiger partial charge in [-0.1, -0.05) is 30.3 Å². The molecule has 110 valence electrons. The van der Waals surface area contributed by atoms with E-state index in [1.807, 2.05) is 36.7 Å². The zero-order chi connectivity index (χ0) is 14.8. The molecule has 0 unspecified atom stereocenters. The lowest BCUT2D eigenvalue weighted by molar-refractivity contribution is 0.306. The molecule has 0 radical (unpaired) electrons. The number of hydrogen-bond donors (Lipinski definition) is 0. The van der Waals surface area contributed by atoms with Crippen LogP contribution in [0.25, 0.3) is 5.69 Å². The van der Waals surface area contributed by atoms with Crippen molar-refractivity contribution in [2.45, 2.75) is 25.4 Å². The van der Waals surface area contributed by atoms with Crippen molar-refractivity contribution in [3.05, 3.63) is 78.4 Å². The van der Waals surface area contributed by atoms with Crippen molar-refractivity contribution in [1.82, 2.24) is 9.55 Å². The summed E-state index contributed by atoms with van der Waals surface area (Å²) < 4.78 is 7.89. The Bertz CT molecular complexity index is 743. The van der Waals surface area contributed by atoms with Crippen molar-refractivity contribution in [2.24, 2.45) is 0 Å². The van der Waals surface area contributed by atoms with E-state index in [1.165, 1.54) is 24.1 Å². The third-order valence-electron chi connectivity index (χ3n) is 3.98. The molecule has 3 nitrogen and oxygen atoms in total. The highest BCUT2D eigenvalue weighted by molar-refractivity contribution is 5.38. The quantitative estimate of drug-likeness (QED) is 0.699. The fourth-order valence-corrected chi connectivity index (χ4v) is 2.52. The summed E-state index contributed by atoms with van der Waals surface area (Å²) in [4.78, 5) is 4.48. The van der Waals surface area contributed by atoms with Crippen LogP contribution in [0.2, 0.25) is 0 Å². The first-order valence-corrected chi connectivity index (χ1v) is 7.69. The summed E-state index contributed by atoms with van der Waals surface area (Å²) in [6, 6.07) is 18.4. The summed E-state index contributed by atoms with van der Waals surface area (Å²) in [5.41, 5.74) is 3.51. The van der Waals surface area contributed by atoms with Crippen LogP contribution in [0, 0.1) is 0 Å². The topological polar surface area (TPSA) is 27.1 Å². The molecule has 0 N–H and O–H groups in total. The molecule has 0 atom stereocenters. The van der Waals surface area contributed by atoms with E-state index in [9.17, 15) is 0 Å². The number of nitrogens with zero attached hydrogens (tertiary/aromatic N) is 2. The van der Waals surface area contributed by atoms with Crippen LogP contribution in [-0.4, -0.2) is 9.55 Å². The molecule has 1 aliphatic rings. The van der Waals surface area contributed by atoms with Crippen LogP contribution < -0.4 is 4.74 Å². The molecule has 3 heteroatoms. The molecular formula is C19H18N2O. The number of benzene rings is 2. The molecular weight excluding hydrogens is 272 g/mol. The van der Waals surface area contributed by atoms with E-state index in [0.29, 0.717) is 12.5 Å². The highest BCUT2D eigenvalue weighted by Crippen LogP contribution is 2.39. The van der Waals surface area contributed by atoms with Gasteiger partial charge in [0, 0.05) is 17.8 Å². The van der Waals surface area contributed by atoms with Crippen LogP contribution in [0.5, 0.6) is 5.75 Å². The number of rotatable bonds is 5. The van der Waals surface area contributed by atoms with Gasteiger partial charge in [-0.15, -0.1) is 0 Å². The molecule has 0 spiro atoms. The Morgan fingerprint density at radius 2 is 1.77 bits per heavy atom. The van der Waals surface area contributed by atoms with Gasteiger partial charge in [0.05, 0.1) is 12.0 Å². The van der Waals surface area contributed by atoms with Crippen LogP contribution in [0.15, 0.2) is 67.1 Å². The first kappa shape index (κ1) is 13.1. The van der Waals surface area contributed by atoms with E-state index >= 15 is 0 Å². The molecule has 22 heavy (non-hydrogen) atoms. The van der Waals surface area contributed by atoms with Gasteiger partial charge in [-0.2, -0.15) is 0 Å². The molecule has 1 saturated carbocycles. The second-order valence-corrected chi connectivity index (χ2v) is 5.75. The normalized spacial score (nSPS) is 14.0. The average molecular weight is 290 g/mol. The molecule has 1 fully saturated rings. The number of ether oxygens (including phenoxy) is 1. The van der Waals surface area contributed by atoms with Gasteiger partial charge in [0.15, 0.2) is 0 Å². The van der Waals surface area contributed by atoms with Gasteiger partial charge in [0.25, 0.3) is 0 Å². The molecule has 0 saturated heterocycles. The van der Waals surface area contributed by atoms with E-state index in [4.69, 9.17) is 4.74 Å². The van der Waals surface area contributed by atoms with E-state index in [0.717, 1.165) is 11.4 Å². The van der Waals surface area contributed by atoms with Gasteiger partial charge in [0.1, 0.15) is 12.4 Å². The van der Waals surface area contributed by atoms with Gasteiger partial charge in [0.2, 0.25) is 0 Å². The van der Waals surface area contributed by atoms with Crippen molar-refractivity contribution < 1.29 is 4.74 Å². The van der Waals surface area contributed by atoms with Crippen molar-refractivity contribution in [3.8, 4) is 11.4 Å². The Balaban J connectivity index is 1.43. The molecule has 0 aliphatic heterocycles. The maximum absolute atomic E-state index is 5.81. The lowest BCUT2D eigenvalue weighted by Crippen LogP contribution is -1.95. The molecule has 1 heterocycles. The maximum Gasteiger partial charge on any atom is 0.119 e. The largest absolute Gasteiger partial charge is 0.489 e. The predicted molar refractivity (Wildman–Crippen MR) is 86.3 cm³/mol. The summed E-state index contributed by atoms with van der Waals surface area (Å²) in [5, 5.41) is 0. The van der Waals surface area contributed by atoms with Crippen LogP contribution >= 0.6 is 0 Å². The van der Waals surface area contributed by atoms with Crippen LogP contribution in [-0.2, 0) is 6.61 Å². The van der Waals surface area contributed by atoms with Crippen LogP contribution in [0.4, 0.5) is 0 Å². The van der Waals surface area contributed by atoms with Gasteiger partial charge < -0.3 is 9.30 Å². The lowest BCUT2D eigenvalue weighted by atomic mass is 10.2. The summed E-state index contributed by atoms with van der Waals surface area (Å²) in [6.45, 7) is 0.594. The molecule has 2 aromatic carbocycles. The fourth-order valence-electron chi connectivity index (χ4n) is 2.52. The molecule has 3 aromatic rings. The molecule has 4 rings (SSSR count). The minimum Gasteiger partial charge on any atom is -0.489 e. The number of aromatic nitrogens is 2. The Morgan fingerprint density at radius 1 is 1.00 bits per heavy atom. The molecule has 0 amide bonds. The second-order valence-electron chi connectivity index (χ2n) is 5.75. The van der Waals surface area contributed by atoms with E-state index in [1.54, 1.807) is 0 Å². The Kier molecular flexibility index (Phi) is 3.39. The van der Waals surface area contributed by atoms with Gasteiger partial charge in [-0.3, -0.25) is 0 Å². The monoisotopic (exact) mass is 290 g/mol. The SMILES string of the molecule is c1ccc(COc2ccc(-n3cnc(C4CC4)c3)cc2)cc1. The minimum atomic E-state index is 0.594. The second kappa shape index (κ2) is 5.68. The third kappa shape index (κ3) is 2.89. The summed E-state index contributed by atoms with van der Waals surface area (Å²) >= 11 is 0. The highest BCUT2D eigenvalue weighted by atomic mass is 16.5. The third-order valence-corrected chi connectivity index (χ3v) is 3.98. The molecule has 1 aromatic heterocycles. The Labute approximate surface area is 130 Å². The maximum atomic E-state index is 5.81. The first-order valence-electron chi connectivity index (χ1n) is 7.69. The smallest absolute Gasteiger partial charge is 0.119 e. The fraction of sp³-hybridized carbons (Fsp3) is 0.211. The van der Waals surface area contributed by atoms with Gasteiger partial charge in [-0.25, -0.2) is 4.98 Å². The standard InChI is InChI=1S/C19H18N2O/c1-2-4-15(5-3-1)13-22-18-10-8-17(9-11-18)21-12-19(20-14-21)16-6-7-16/h1-5,8-12,14,16H,6-7,13H2. The zero-order valence-corrected chi connectivity index (χ0v) is 12.4.